The highest BCUT2D eigenvalue weighted by Gasteiger charge is 2.17. The summed E-state index contributed by atoms with van der Waals surface area (Å²) >= 11 is 0. The third-order valence-electron chi connectivity index (χ3n) is 4.25. The van der Waals surface area contributed by atoms with Gasteiger partial charge >= 0.3 is 5.97 Å². The van der Waals surface area contributed by atoms with Crippen LogP contribution >= 0.6 is 0 Å². The first-order valence-electron chi connectivity index (χ1n) is 9.00. The van der Waals surface area contributed by atoms with Gasteiger partial charge in [0, 0.05) is 43.7 Å². The van der Waals surface area contributed by atoms with E-state index in [2.05, 4.69) is 15.4 Å². The number of pyridine rings is 1. The smallest absolute Gasteiger partial charge is 0.359 e. The van der Waals surface area contributed by atoms with Crippen LogP contribution in [-0.2, 0) is 16.1 Å². The van der Waals surface area contributed by atoms with Gasteiger partial charge in [0.15, 0.2) is 12.3 Å². The van der Waals surface area contributed by atoms with Crippen LogP contribution in [0, 0.1) is 0 Å². The summed E-state index contributed by atoms with van der Waals surface area (Å²) < 4.78 is 6.18. The Balaban J connectivity index is 1.94. The number of benzene rings is 1. The Morgan fingerprint density at radius 3 is 2.66 bits per heavy atom. The van der Waals surface area contributed by atoms with Crippen LogP contribution in [0.4, 0.5) is 11.4 Å². The first-order valence-corrected chi connectivity index (χ1v) is 9.00. The molecule has 0 aliphatic rings. The van der Waals surface area contributed by atoms with E-state index in [1.54, 1.807) is 33.4 Å². The number of ether oxygens (including phenoxy) is 1. The van der Waals surface area contributed by atoms with Crippen molar-refractivity contribution >= 4 is 34.0 Å². The van der Waals surface area contributed by atoms with Gasteiger partial charge in [0.25, 0.3) is 11.5 Å². The molecule has 2 heterocycles. The van der Waals surface area contributed by atoms with Crippen LogP contribution in [0.2, 0.25) is 0 Å². The van der Waals surface area contributed by atoms with Crippen molar-refractivity contribution in [2.75, 3.05) is 26.0 Å². The molecule has 0 spiro atoms. The van der Waals surface area contributed by atoms with Crippen LogP contribution in [0.15, 0.2) is 47.5 Å². The topological polar surface area (TPSA) is 106 Å². The molecule has 150 valence electrons. The number of aryl methyl sites for hydroxylation is 1. The Morgan fingerprint density at radius 1 is 1.17 bits per heavy atom. The maximum Gasteiger partial charge on any atom is 0.359 e. The molecule has 0 atom stereocenters. The number of likely N-dealkylation sites (N-methyl/N-ethyl adjacent to an activating group) is 1. The fourth-order valence-electron chi connectivity index (χ4n) is 2.64. The SMILES string of the molecule is CCn1nc(C(=O)OCC(=O)N(C)C)cc(Nc2cncc3ccccc23)c1=O. The number of fused-ring (bicyclic) bond motifs is 1. The van der Waals surface area contributed by atoms with E-state index in [9.17, 15) is 14.4 Å². The molecule has 0 aliphatic carbocycles. The lowest BCUT2D eigenvalue weighted by molar-refractivity contribution is -0.131. The lowest BCUT2D eigenvalue weighted by Crippen LogP contribution is -2.30. The molecule has 0 saturated heterocycles. The highest BCUT2D eigenvalue weighted by atomic mass is 16.5. The first kappa shape index (κ1) is 20.0. The van der Waals surface area contributed by atoms with Crippen LogP contribution in [-0.4, -0.2) is 52.2 Å². The summed E-state index contributed by atoms with van der Waals surface area (Å²) in [7, 11) is 3.12. The van der Waals surface area contributed by atoms with Crippen LogP contribution in [0.25, 0.3) is 10.8 Å². The van der Waals surface area contributed by atoms with E-state index in [0.717, 1.165) is 15.5 Å². The number of rotatable bonds is 6. The Labute approximate surface area is 166 Å². The standard InChI is InChI=1S/C20H21N5O4/c1-4-25-19(27)15(9-16(23-25)20(28)29-12-18(26)24(2)3)22-17-11-21-10-13-7-5-6-8-14(13)17/h5-11,22H,4,12H2,1-3H3. The van der Waals surface area contributed by atoms with Crippen molar-refractivity contribution in [3.63, 3.8) is 0 Å². The molecule has 0 radical (unpaired) electrons. The van der Waals surface area contributed by atoms with Crippen LogP contribution < -0.4 is 10.9 Å². The molecule has 29 heavy (non-hydrogen) atoms. The number of anilines is 2. The van der Waals surface area contributed by atoms with Crippen molar-refractivity contribution in [3.05, 3.63) is 58.8 Å². The van der Waals surface area contributed by atoms with Crippen molar-refractivity contribution in [3.8, 4) is 0 Å². The molecule has 0 aliphatic heterocycles. The zero-order chi connectivity index (χ0) is 21.0. The Hall–Kier alpha value is -3.75. The highest BCUT2D eigenvalue weighted by Crippen LogP contribution is 2.24. The zero-order valence-electron chi connectivity index (χ0n) is 16.4. The summed E-state index contributed by atoms with van der Waals surface area (Å²) in [4.78, 5) is 42.2. The molecule has 0 saturated carbocycles. The molecule has 1 aromatic carbocycles. The molecule has 0 unspecified atom stereocenters. The lowest BCUT2D eigenvalue weighted by atomic mass is 10.1. The molecule has 3 aromatic rings. The van der Waals surface area contributed by atoms with Gasteiger partial charge in [-0.05, 0) is 6.92 Å². The van der Waals surface area contributed by atoms with Crippen molar-refractivity contribution in [2.45, 2.75) is 13.5 Å². The minimum Gasteiger partial charge on any atom is -0.451 e. The molecule has 9 nitrogen and oxygen atoms in total. The number of hydrogen-bond donors (Lipinski definition) is 1. The number of hydrogen-bond acceptors (Lipinski definition) is 7. The first-order chi connectivity index (χ1) is 13.9. The van der Waals surface area contributed by atoms with E-state index in [-0.39, 0.29) is 29.4 Å². The van der Waals surface area contributed by atoms with E-state index in [1.807, 2.05) is 24.3 Å². The second kappa shape index (κ2) is 8.51. The average Bonchev–Trinajstić information content (AvgIpc) is 2.73. The average molecular weight is 395 g/mol. The number of amides is 1. The quantitative estimate of drug-likeness (QED) is 0.634. The van der Waals surface area contributed by atoms with Gasteiger partial charge in [0.2, 0.25) is 0 Å². The van der Waals surface area contributed by atoms with Gasteiger partial charge in [-0.2, -0.15) is 5.10 Å². The summed E-state index contributed by atoms with van der Waals surface area (Å²) in [5.41, 5.74) is 0.317. The fraction of sp³-hybridized carbons (Fsp3) is 0.250. The van der Waals surface area contributed by atoms with Gasteiger partial charge < -0.3 is 15.0 Å². The predicted molar refractivity (Wildman–Crippen MR) is 108 cm³/mol. The summed E-state index contributed by atoms with van der Waals surface area (Å²) in [5, 5.41) is 8.86. The van der Waals surface area contributed by atoms with Crippen molar-refractivity contribution in [1.29, 1.82) is 0 Å². The predicted octanol–water partition coefficient (Wildman–Crippen LogP) is 1.80. The number of esters is 1. The Bertz CT molecular complexity index is 1120. The number of carbonyl (C=O) groups excluding carboxylic acids is 2. The molecule has 0 bridgehead atoms. The van der Waals surface area contributed by atoms with E-state index >= 15 is 0 Å². The summed E-state index contributed by atoms with van der Waals surface area (Å²) in [5.74, 6) is -1.15. The normalized spacial score (nSPS) is 10.6. The lowest BCUT2D eigenvalue weighted by Gasteiger charge is -2.13. The van der Waals surface area contributed by atoms with Gasteiger partial charge in [-0.3, -0.25) is 14.6 Å². The summed E-state index contributed by atoms with van der Waals surface area (Å²) in [6, 6.07) is 8.91. The number of aromatic nitrogens is 3. The molecule has 1 amide bonds. The van der Waals surface area contributed by atoms with Crippen molar-refractivity contribution in [1.82, 2.24) is 19.7 Å². The molecule has 3 rings (SSSR count). The molecular weight excluding hydrogens is 374 g/mol. The molecule has 1 N–H and O–H groups in total. The molecule has 0 fully saturated rings. The zero-order valence-corrected chi connectivity index (χ0v) is 16.4. The third-order valence-corrected chi connectivity index (χ3v) is 4.25. The van der Waals surface area contributed by atoms with Gasteiger partial charge in [-0.25, -0.2) is 9.48 Å². The second-order valence-electron chi connectivity index (χ2n) is 6.46. The largest absolute Gasteiger partial charge is 0.451 e. The number of nitrogens with one attached hydrogen (secondary N) is 1. The third kappa shape index (κ3) is 4.40. The molecule has 9 heteroatoms. The van der Waals surface area contributed by atoms with E-state index in [0.29, 0.717) is 5.69 Å². The summed E-state index contributed by atoms with van der Waals surface area (Å²) in [6.45, 7) is 1.59. The van der Waals surface area contributed by atoms with Crippen molar-refractivity contribution < 1.29 is 14.3 Å². The van der Waals surface area contributed by atoms with Gasteiger partial charge in [0.1, 0.15) is 5.69 Å². The minimum absolute atomic E-state index is 0.0753. The van der Waals surface area contributed by atoms with Crippen LogP contribution in [0.1, 0.15) is 17.4 Å². The van der Waals surface area contributed by atoms with E-state index < -0.39 is 12.6 Å². The Morgan fingerprint density at radius 2 is 1.93 bits per heavy atom. The maximum atomic E-state index is 12.7. The van der Waals surface area contributed by atoms with E-state index in [4.69, 9.17) is 4.74 Å². The second-order valence-corrected chi connectivity index (χ2v) is 6.46. The number of nitrogens with zero attached hydrogens (tertiary/aromatic N) is 4. The highest BCUT2D eigenvalue weighted by molar-refractivity contribution is 5.95. The maximum absolute atomic E-state index is 12.7. The van der Waals surface area contributed by atoms with Gasteiger partial charge in [-0.1, -0.05) is 24.3 Å². The van der Waals surface area contributed by atoms with Gasteiger partial charge in [-0.15, -0.1) is 0 Å². The van der Waals surface area contributed by atoms with E-state index in [1.165, 1.54) is 11.0 Å². The number of carbonyl (C=O) groups is 2. The van der Waals surface area contributed by atoms with Gasteiger partial charge in [0.05, 0.1) is 11.9 Å². The summed E-state index contributed by atoms with van der Waals surface area (Å²) in [6.07, 6.45) is 3.33. The fourth-order valence-corrected chi connectivity index (χ4v) is 2.64. The van der Waals surface area contributed by atoms with Crippen LogP contribution in [0.5, 0.6) is 0 Å². The Kier molecular flexibility index (Phi) is 5.87. The van der Waals surface area contributed by atoms with Crippen molar-refractivity contribution in [2.24, 2.45) is 0 Å². The molecule has 2 aromatic heterocycles. The molecular formula is C20H21N5O4. The van der Waals surface area contributed by atoms with Crippen LogP contribution in [0.3, 0.4) is 0 Å². The monoisotopic (exact) mass is 395 g/mol. The minimum atomic E-state index is -0.790.